The summed E-state index contributed by atoms with van der Waals surface area (Å²) in [6.07, 6.45) is 0. The first kappa shape index (κ1) is 13.5. The second kappa shape index (κ2) is 5.83. The summed E-state index contributed by atoms with van der Waals surface area (Å²) < 4.78 is 6.50. The second-order valence-corrected chi connectivity index (χ2v) is 5.35. The van der Waals surface area contributed by atoms with Crippen molar-refractivity contribution in [2.45, 2.75) is 6.61 Å². The van der Waals surface area contributed by atoms with E-state index in [4.69, 9.17) is 33.7 Å². The first-order valence-electron chi connectivity index (χ1n) is 5.18. The number of benzene rings is 2. The third-order valence-electron chi connectivity index (χ3n) is 2.39. The lowest BCUT2D eigenvalue weighted by atomic mass is 10.2. The fourth-order valence-corrected chi connectivity index (χ4v) is 2.32. The Hall–Kier alpha value is -0.900. The van der Waals surface area contributed by atoms with Gasteiger partial charge in [0.2, 0.25) is 0 Å². The van der Waals surface area contributed by atoms with Gasteiger partial charge in [-0.3, -0.25) is 0 Å². The van der Waals surface area contributed by atoms with Gasteiger partial charge in [0.25, 0.3) is 0 Å². The number of hydrogen-bond acceptors (Lipinski definition) is 2. The zero-order valence-electron chi connectivity index (χ0n) is 9.29. The summed E-state index contributed by atoms with van der Waals surface area (Å²) in [6, 6.07) is 10.7. The van der Waals surface area contributed by atoms with Crippen LogP contribution in [-0.4, -0.2) is 0 Å². The molecule has 0 aliphatic carbocycles. The van der Waals surface area contributed by atoms with E-state index in [0.717, 1.165) is 10.0 Å². The van der Waals surface area contributed by atoms with Crippen LogP contribution in [0.15, 0.2) is 40.9 Å². The molecule has 94 valence electrons. The molecule has 0 atom stereocenters. The lowest BCUT2D eigenvalue weighted by molar-refractivity contribution is 0.304. The predicted octanol–water partition coefficient (Wildman–Crippen LogP) is 4.92. The topological polar surface area (TPSA) is 35.2 Å². The molecule has 0 radical (unpaired) electrons. The number of nitrogen functional groups attached to an aromatic ring is 1. The van der Waals surface area contributed by atoms with Crippen LogP contribution in [0.2, 0.25) is 10.0 Å². The molecule has 0 bridgehead atoms. The summed E-state index contributed by atoms with van der Waals surface area (Å²) in [4.78, 5) is 0. The molecule has 2 aromatic rings. The van der Waals surface area contributed by atoms with E-state index >= 15 is 0 Å². The van der Waals surface area contributed by atoms with Crippen LogP contribution < -0.4 is 10.5 Å². The fraction of sp³-hybridized carbons (Fsp3) is 0.0769. The maximum Gasteiger partial charge on any atom is 0.136 e. The van der Waals surface area contributed by atoms with Gasteiger partial charge in [0.1, 0.15) is 12.4 Å². The number of rotatable bonds is 3. The third kappa shape index (κ3) is 3.10. The smallest absolute Gasteiger partial charge is 0.136 e. The molecule has 0 fully saturated rings. The number of hydrogen-bond donors (Lipinski definition) is 1. The van der Waals surface area contributed by atoms with Crippen molar-refractivity contribution >= 4 is 44.8 Å². The average molecular weight is 347 g/mol. The summed E-state index contributed by atoms with van der Waals surface area (Å²) >= 11 is 15.5. The maximum atomic E-state index is 6.07. The van der Waals surface area contributed by atoms with Crippen LogP contribution in [0.5, 0.6) is 5.75 Å². The van der Waals surface area contributed by atoms with Crippen LogP contribution in [0.1, 0.15) is 5.56 Å². The van der Waals surface area contributed by atoms with Gasteiger partial charge in [-0.15, -0.1) is 0 Å². The average Bonchev–Trinajstić information content (AvgIpc) is 2.33. The highest BCUT2D eigenvalue weighted by atomic mass is 79.9. The largest absolute Gasteiger partial charge is 0.488 e. The van der Waals surface area contributed by atoms with Gasteiger partial charge in [-0.05, 0) is 40.2 Å². The molecular weight excluding hydrogens is 337 g/mol. The highest BCUT2D eigenvalue weighted by molar-refractivity contribution is 9.10. The summed E-state index contributed by atoms with van der Waals surface area (Å²) in [5.41, 5.74) is 7.10. The van der Waals surface area contributed by atoms with Gasteiger partial charge in [-0.1, -0.05) is 29.3 Å². The molecule has 18 heavy (non-hydrogen) atoms. The number of halogens is 3. The van der Waals surface area contributed by atoms with Crippen LogP contribution in [0.3, 0.4) is 0 Å². The van der Waals surface area contributed by atoms with E-state index in [9.17, 15) is 0 Å². The van der Waals surface area contributed by atoms with Crippen molar-refractivity contribution < 1.29 is 4.74 Å². The quantitative estimate of drug-likeness (QED) is 0.801. The standard InChI is InChI=1S/C13H10BrCl2NO/c14-10-5-4-8(17)6-13(10)18-7-9-11(15)2-1-3-12(9)16/h1-6H,7,17H2. The molecule has 2 aromatic carbocycles. The Morgan fingerprint density at radius 3 is 2.44 bits per heavy atom. The van der Waals surface area contributed by atoms with E-state index in [1.807, 2.05) is 6.07 Å². The van der Waals surface area contributed by atoms with Gasteiger partial charge in [-0.25, -0.2) is 0 Å². The summed E-state index contributed by atoms with van der Waals surface area (Å²) in [5, 5.41) is 1.17. The highest BCUT2D eigenvalue weighted by Crippen LogP contribution is 2.30. The first-order chi connectivity index (χ1) is 8.58. The third-order valence-corrected chi connectivity index (χ3v) is 3.75. The van der Waals surface area contributed by atoms with Crippen LogP contribution in [0, 0.1) is 0 Å². The van der Waals surface area contributed by atoms with Crippen LogP contribution in [-0.2, 0) is 6.61 Å². The zero-order chi connectivity index (χ0) is 13.1. The van der Waals surface area contributed by atoms with E-state index in [1.54, 1.807) is 30.3 Å². The Labute approximate surface area is 124 Å². The minimum absolute atomic E-state index is 0.292. The molecule has 0 aliphatic heterocycles. The van der Waals surface area contributed by atoms with E-state index in [2.05, 4.69) is 15.9 Å². The first-order valence-corrected chi connectivity index (χ1v) is 6.73. The minimum Gasteiger partial charge on any atom is -0.488 e. The van der Waals surface area contributed by atoms with E-state index in [-0.39, 0.29) is 0 Å². The molecule has 0 spiro atoms. The Balaban J connectivity index is 2.19. The predicted molar refractivity (Wildman–Crippen MR) is 79.3 cm³/mol. The Bertz CT molecular complexity index is 555. The Kier molecular flexibility index (Phi) is 4.38. The van der Waals surface area contributed by atoms with Gasteiger partial charge >= 0.3 is 0 Å². The second-order valence-electron chi connectivity index (χ2n) is 3.68. The van der Waals surface area contributed by atoms with Gasteiger partial charge in [-0.2, -0.15) is 0 Å². The van der Waals surface area contributed by atoms with Crippen molar-refractivity contribution in [1.82, 2.24) is 0 Å². The molecule has 0 aromatic heterocycles. The number of nitrogens with two attached hydrogens (primary N) is 1. The molecule has 2 rings (SSSR count). The van der Waals surface area contributed by atoms with E-state index < -0.39 is 0 Å². The lowest BCUT2D eigenvalue weighted by Crippen LogP contribution is -1.98. The van der Waals surface area contributed by atoms with Crippen molar-refractivity contribution in [3.8, 4) is 5.75 Å². The van der Waals surface area contributed by atoms with Crippen LogP contribution >= 0.6 is 39.1 Å². The van der Waals surface area contributed by atoms with Gasteiger partial charge in [0.05, 0.1) is 4.47 Å². The maximum absolute atomic E-state index is 6.07. The summed E-state index contributed by atoms with van der Waals surface area (Å²) in [6.45, 7) is 0.292. The molecule has 2 N–H and O–H groups in total. The van der Waals surface area contributed by atoms with Crippen molar-refractivity contribution in [3.05, 3.63) is 56.5 Å². The summed E-state index contributed by atoms with van der Waals surface area (Å²) in [7, 11) is 0. The molecular formula is C13H10BrCl2NO. The fourth-order valence-electron chi connectivity index (χ4n) is 1.45. The molecule has 0 saturated heterocycles. The van der Waals surface area contributed by atoms with Crippen molar-refractivity contribution in [2.24, 2.45) is 0 Å². The molecule has 0 saturated carbocycles. The normalized spacial score (nSPS) is 10.4. The van der Waals surface area contributed by atoms with Crippen LogP contribution in [0.25, 0.3) is 0 Å². The molecule has 0 heterocycles. The van der Waals surface area contributed by atoms with Crippen molar-refractivity contribution in [1.29, 1.82) is 0 Å². The molecule has 0 aliphatic rings. The molecule has 5 heteroatoms. The number of anilines is 1. The minimum atomic E-state index is 0.292. The highest BCUT2D eigenvalue weighted by Gasteiger charge is 2.08. The van der Waals surface area contributed by atoms with Crippen molar-refractivity contribution in [2.75, 3.05) is 5.73 Å². The lowest BCUT2D eigenvalue weighted by Gasteiger charge is -2.11. The van der Waals surface area contributed by atoms with Crippen molar-refractivity contribution in [3.63, 3.8) is 0 Å². The SMILES string of the molecule is Nc1ccc(Br)c(OCc2c(Cl)cccc2Cl)c1. The molecule has 2 nitrogen and oxygen atoms in total. The van der Waals surface area contributed by atoms with E-state index in [1.165, 1.54) is 0 Å². The van der Waals surface area contributed by atoms with Gasteiger partial charge in [0, 0.05) is 27.4 Å². The molecule has 0 unspecified atom stereocenters. The van der Waals surface area contributed by atoms with Gasteiger partial charge in [0.15, 0.2) is 0 Å². The monoisotopic (exact) mass is 345 g/mol. The zero-order valence-corrected chi connectivity index (χ0v) is 12.4. The Morgan fingerprint density at radius 1 is 1.11 bits per heavy atom. The van der Waals surface area contributed by atoms with E-state index in [0.29, 0.717) is 28.1 Å². The molecule has 0 amide bonds. The summed E-state index contributed by atoms with van der Waals surface area (Å²) in [5.74, 6) is 0.658. The Morgan fingerprint density at radius 2 is 1.78 bits per heavy atom. The van der Waals surface area contributed by atoms with Gasteiger partial charge < -0.3 is 10.5 Å². The van der Waals surface area contributed by atoms with Crippen LogP contribution in [0.4, 0.5) is 5.69 Å². The number of ether oxygens (including phenoxy) is 1.